The van der Waals surface area contributed by atoms with Crippen molar-refractivity contribution in [2.75, 3.05) is 0 Å². The lowest BCUT2D eigenvalue weighted by atomic mass is 10.5. The molecular weight excluding hydrogens is 204 g/mol. The molecule has 2 aromatic rings. The van der Waals surface area contributed by atoms with Gasteiger partial charge in [0.2, 0.25) is 5.28 Å². The molecule has 0 aliphatic heterocycles. The maximum Gasteiger partial charge on any atom is 0.242 e. The van der Waals surface area contributed by atoms with Crippen LogP contribution in [0.4, 0.5) is 4.39 Å². The lowest BCUT2D eigenvalue weighted by molar-refractivity contribution is 0.638. The highest BCUT2D eigenvalue weighted by molar-refractivity contribution is 6.34. The maximum absolute atomic E-state index is 12.9. The number of hydrogen-bond acceptors (Lipinski definition) is 2. The fourth-order valence-corrected chi connectivity index (χ4v) is 1.39. The van der Waals surface area contributed by atoms with Crippen molar-refractivity contribution in [3.05, 3.63) is 28.5 Å². The molecule has 0 bridgehead atoms. The summed E-state index contributed by atoms with van der Waals surface area (Å²) in [5, 5.41) is 3.70. The first-order valence-corrected chi connectivity index (χ1v) is 3.80. The minimum atomic E-state index is -0.461. The van der Waals surface area contributed by atoms with E-state index in [1.165, 1.54) is 16.8 Å². The number of halogens is 3. The monoisotopic (exact) mass is 205 g/mol. The lowest BCUT2D eigenvalue weighted by Crippen LogP contribution is -1.94. The van der Waals surface area contributed by atoms with Gasteiger partial charge in [-0.3, -0.25) is 0 Å². The summed E-state index contributed by atoms with van der Waals surface area (Å²) in [6, 6.07) is 1.24. The molecular formula is C6H2Cl2FN3. The molecule has 6 heteroatoms. The third-order valence-electron chi connectivity index (χ3n) is 1.39. The smallest absolute Gasteiger partial charge is 0.232 e. The molecule has 0 spiro atoms. The summed E-state index contributed by atoms with van der Waals surface area (Å²) in [5.74, 6) is -0.461. The number of fused-ring (bicyclic) bond motifs is 1. The fourth-order valence-electron chi connectivity index (χ4n) is 0.921. The number of nitrogens with zero attached hydrogens (tertiary/aromatic N) is 3. The van der Waals surface area contributed by atoms with Gasteiger partial charge in [-0.15, -0.1) is 5.10 Å². The van der Waals surface area contributed by atoms with Crippen molar-refractivity contribution in [1.29, 1.82) is 0 Å². The van der Waals surface area contributed by atoms with E-state index >= 15 is 0 Å². The Morgan fingerprint density at radius 3 is 2.92 bits per heavy atom. The van der Waals surface area contributed by atoms with E-state index in [2.05, 4.69) is 10.1 Å². The quantitative estimate of drug-likeness (QED) is 0.661. The van der Waals surface area contributed by atoms with Gasteiger partial charge in [0.1, 0.15) is 5.52 Å². The van der Waals surface area contributed by atoms with Crippen LogP contribution in [-0.4, -0.2) is 14.6 Å². The van der Waals surface area contributed by atoms with Crippen LogP contribution in [-0.2, 0) is 0 Å². The van der Waals surface area contributed by atoms with Crippen molar-refractivity contribution in [2.45, 2.75) is 0 Å². The van der Waals surface area contributed by atoms with E-state index in [0.29, 0.717) is 0 Å². The molecule has 0 fully saturated rings. The van der Waals surface area contributed by atoms with E-state index in [0.717, 1.165) is 0 Å². The molecule has 0 aliphatic carbocycles. The molecule has 0 aromatic carbocycles. The van der Waals surface area contributed by atoms with Gasteiger partial charge in [-0.1, -0.05) is 11.6 Å². The van der Waals surface area contributed by atoms with Crippen LogP contribution < -0.4 is 0 Å². The van der Waals surface area contributed by atoms with E-state index in [1.807, 2.05) is 0 Å². The number of aromatic nitrogens is 3. The first-order valence-electron chi connectivity index (χ1n) is 3.04. The lowest BCUT2D eigenvalue weighted by Gasteiger charge is -1.95. The van der Waals surface area contributed by atoms with Gasteiger partial charge in [0.25, 0.3) is 0 Å². The zero-order chi connectivity index (χ0) is 8.72. The van der Waals surface area contributed by atoms with E-state index in [4.69, 9.17) is 23.2 Å². The van der Waals surface area contributed by atoms with Crippen LogP contribution in [0.3, 0.4) is 0 Å². The summed E-state index contributed by atoms with van der Waals surface area (Å²) in [5.41, 5.74) is 0.140. The molecule has 0 unspecified atom stereocenters. The highest BCUT2D eigenvalue weighted by atomic mass is 35.5. The van der Waals surface area contributed by atoms with Crippen LogP contribution in [0.1, 0.15) is 0 Å². The van der Waals surface area contributed by atoms with Gasteiger partial charge < -0.3 is 0 Å². The van der Waals surface area contributed by atoms with Gasteiger partial charge in [0, 0.05) is 6.20 Å². The first-order chi connectivity index (χ1) is 5.68. The number of hydrogen-bond donors (Lipinski definition) is 0. The molecule has 12 heavy (non-hydrogen) atoms. The van der Waals surface area contributed by atoms with Crippen LogP contribution in [0.2, 0.25) is 10.4 Å². The molecule has 62 valence electrons. The van der Waals surface area contributed by atoms with Crippen molar-refractivity contribution in [3.63, 3.8) is 0 Å². The molecule has 0 saturated heterocycles. The standard InChI is InChI=1S/C6H2Cl2FN3/c7-5-4-3(9)1-2-12(4)11-6(8)10-5/h1-2H. The summed E-state index contributed by atoms with van der Waals surface area (Å²) in [4.78, 5) is 3.59. The van der Waals surface area contributed by atoms with Gasteiger partial charge in [0.15, 0.2) is 11.0 Å². The van der Waals surface area contributed by atoms with Crippen LogP contribution in [0.25, 0.3) is 5.52 Å². The Hall–Kier alpha value is -0.870. The van der Waals surface area contributed by atoms with Gasteiger partial charge in [-0.25, -0.2) is 13.9 Å². The van der Waals surface area contributed by atoms with Crippen molar-refractivity contribution in [1.82, 2.24) is 14.6 Å². The molecule has 0 N–H and O–H groups in total. The Kier molecular flexibility index (Phi) is 1.66. The van der Waals surface area contributed by atoms with Gasteiger partial charge in [-0.05, 0) is 17.7 Å². The second-order valence-electron chi connectivity index (χ2n) is 2.13. The second kappa shape index (κ2) is 2.57. The first kappa shape index (κ1) is 7.76. The SMILES string of the molecule is Fc1ccn2nc(Cl)nc(Cl)c12. The average Bonchev–Trinajstić information content (AvgIpc) is 2.31. The second-order valence-corrected chi connectivity index (χ2v) is 2.82. The van der Waals surface area contributed by atoms with Gasteiger partial charge >= 0.3 is 0 Å². The summed E-state index contributed by atoms with van der Waals surface area (Å²) < 4.78 is 14.2. The highest BCUT2D eigenvalue weighted by Gasteiger charge is 2.09. The Morgan fingerprint density at radius 2 is 2.17 bits per heavy atom. The molecule has 0 radical (unpaired) electrons. The third kappa shape index (κ3) is 1.04. The van der Waals surface area contributed by atoms with Crippen LogP contribution in [0.15, 0.2) is 12.3 Å². The van der Waals surface area contributed by atoms with Crippen LogP contribution >= 0.6 is 23.2 Å². The van der Waals surface area contributed by atoms with Crippen molar-refractivity contribution >= 4 is 28.7 Å². The Morgan fingerprint density at radius 1 is 1.42 bits per heavy atom. The normalized spacial score (nSPS) is 10.9. The maximum atomic E-state index is 12.9. The molecule has 0 saturated carbocycles. The van der Waals surface area contributed by atoms with E-state index in [9.17, 15) is 4.39 Å². The Labute approximate surface area is 76.7 Å². The Bertz CT molecular complexity index is 440. The zero-order valence-corrected chi connectivity index (χ0v) is 7.14. The molecule has 2 rings (SSSR count). The highest BCUT2D eigenvalue weighted by Crippen LogP contribution is 2.19. The molecule has 2 heterocycles. The summed E-state index contributed by atoms with van der Waals surface area (Å²) >= 11 is 11.1. The molecule has 2 aromatic heterocycles. The van der Waals surface area contributed by atoms with Crippen molar-refractivity contribution in [2.24, 2.45) is 0 Å². The fraction of sp³-hybridized carbons (Fsp3) is 0. The predicted octanol–water partition coefficient (Wildman–Crippen LogP) is 2.18. The van der Waals surface area contributed by atoms with Crippen molar-refractivity contribution in [3.8, 4) is 0 Å². The summed E-state index contributed by atoms with van der Waals surface area (Å²) in [6.07, 6.45) is 1.42. The van der Waals surface area contributed by atoms with Crippen LogP contribution in [0.5, 0.6) is 0 Å². The minimum absolute atomic E-state index is 0.0110. The summed E-state index contributed by atoms with van der Waals surface area (Å²) in [7, 11) is 0. The van der Waals surface area contributed by atoms with E-state index in [1.54, 1.807) is 0 Å². The minimum Gasteiger partial charge on any atom is -0.232 e. The topological polar surface area (TPSA) is 30.2 Å². The molecule has 3 nitrogen and oxygen atoms in total. The van der Waals surface area contributed by atoms with Gasteiger partial charge in [-0.2, -0.15) is 0 Å². The number of rotatable bonds is 0. The molecule has 0 atom stereocenters. The Balaban J connectivity index is 2.93. The third-order valence-corrected chi connectivity index (χ3v) is 1.82. The average molecular weight is 206 g/mol. The zero-order valence-electron chi connectivity index (χ0n) is 5.63. The van der Waals surface area contributed by atoms with E-state index < -0.39 is 5.82 Å². The largest absolute Gasteiger partial charge is 0.242 e. The molecule has 0 aliphatic rings. The van der Waals surface area contributed by atoms with Gasteiger partial charge in [0.05, 0.1) is 0 Å². The molecule has 0 amide bonds. The van der Waals surface area contributed by atoms with Crippen LogP contribution in [0, 0.1) is 5.82 Å². The predicted molar refractivity (Wildman–Crippen MR) is 43.0 cm³/mol. The van der Waals surface area contributed by atoms with Crippen molar-refractivity contribution < 1.29 is 4.39 Å². The summed E-state index contributed by atoms with van der Waals surface area (Å²) in [6.45, 7) is 0. The van der Waals surface area contributed by atoms with E-state index in [-0.39, 0.29) is 16.0 Å².